The van der Waals surface area contributed by atoms with E-state index in [2.05, 4.69) is 11.5 Å². The molecule has 0 atom stereocenters. The summed E-state index contributed by atoms with van der Waals surface area (Å²) in [7, 11) is -8.11. The number of benzene rings is 1. The van der Waals surface area contributed by atoms with Crippen LogP contribution in [0.3, 0.4) is 0 Å². The normalized spacial score (nSPS) is 11.8. The van der Waals surface area contributed by atoms with Crippen LogP contribution in [0.5, 0.6) is 0 Å². The standard InChI is InChI=1S/C13H18BFO4SSi/c1-10-12(5-6-21(2,3)4)7-11(9-20(15,18)19)8-13(10)14(16)17/h7-8,16-17H,9H2,1-4H3. The molecule has 1 aromatic carbocycles. The Labute approximate surface area is 126 Å². The Balaban J connectivity index is 3.44. The summed E-state index contributed by atoms with van der Waals surface area (Å²) < 4.78 is 34.4. The van der Waals surface area contributed by atoms with Crippen LogP contribution in [0.2, 0.25) is 19.6 Å². The summed E-state index contributed by atoms with van der Waals surface area (Å²) >= 11 is 0. The molecule has 0 heterocycles. The number of halogens is 1. The van der Waals surface area contributed by atoms with Crippen LogP contribution < -0.4 is 5.46 Å². The van der Waals surface area contributed by atoms with E-state index in [1.807, 2.05) is 19.6 Å². The highest BCUT2D eigenvalue weighted by molar-refractivity contribution is 7.85. The van der Waals surface area contributed by atoms with Gasteiger partial charge in [-0.05, 0) is 29.6 Å². The van der Waals surface area contributed by atoms with Gasteiger partial charge in [-0.3, -0.25) is 0 Å². The highest BCUT2D eigenvalue weighted by Crippen LogP contribution is 2.13. The van der Waals surface area contributed by atoms with Gasteiger partial charge in [0.15, 0.2) is 0 Å². The van der Waals surface area contributed by atoms with Crippen LogP contribution in [0.1, 0.15) is 16.7 Å². The Hall–Kier alpha value is -1.14. The van der Waals surface area contributed by atoms with Crippen molar-refractivity contribution in [1.82, 2.24) is 0 Å². The van der Waals surface area contributed by atoms with Crippen LogP contribution in [0, 0.1) is 18.4 Å². The van der Waals surface area contributed by atoms with Crippen LogP contribution in [0.15, 0.2) is 12.1 Å². The van der Waals surface area contributed by atoms with Crippen LogP contribution in [0.25, 0.3) is 0 Å². The van der Waals surface area contributed by atoms with E-state index in [0.717, 1.165) is 0 Å². The number of hydrogen-bond acceptors (Lipinski definition) is 4. The van der Waals surface area contributed by atoms with Gasteiger partial charge in [0.25, 0.3) is 0 Å². The average molecular weight is 328 g/mol. The fraction of sp³-hybridized carbons (Fsp3) is 0.385. The molecule has 0 amide bonds. The van der Waals surface area contributed by atoms with Crippen LogP contribution >= 0.6 is 0 Å². The molecule has 0 fully saturated rings. The first-order valence-corrected chi connectivity index (χ1v) is 11.4. The van der Waals surface area contributed by atoms with Crippen molar-refractivity contribution in [3.63, 3.8) is 0 Å². The number of hydrogen-bond donors (Lipinski definition) is 2. The summed E-state index contributed by atoms with van der Waals surface area (Å²) in [5, 5.41) is 18.7. The molecule has 114 valence electrons. The topological polar surface area (TPSA) is 74.6 Å². The van der Waals surface area contributed by atoms with Crippen molar-refractivity contribution in [1.29, 1.82) is 0 Å². The third-order valence-electron chi connectivity index (χ3n) is 2.70. The molecule has 0 aromatic heterocycles. The lowest BCUT2D eigenvalue weighted by Gasteiger charge is -2.11. The highest BCUT2D eigenvalue weighted by Gasteiger charge is 2.19. The predicted molar refractivity (Wildman–Crippen MR) is 85.0 cm³/mol. The molecule has 0 unspecified atom stereocenters. The summed E-state index contributed by atoms with van der Waals surface area (Å²) in [5.74, 6) is 2.14. The zero-order chi connectivity index (χ0) is 16.4. The first-order chi connectivity index (χ1) is 9.39. The minimum absolute atomic E-state index is 0.135. The molecule has 0 aliphatic rings. The molecule has 0 aliphatic carbocycles. The van der Waals surface area contributed by atoms with Crippen molar-refractivity contribution < 1.29 is 22.4 Å². The Morgan fingerprint density at radius 2 is 1.86 bits per heavy atom. The lowest BCUT2D eigenvalue weighted by atomic mass is 9.75. The van der Waals surface area contributed by atoms with Crippen molar-refractivity contribution in [2.24, 2.45) is 0 Å². The van der Waals surface area contributed by atoms with Gasteiger partial charge in [0, 0.05) is 5.56 Å². The van der Waals surface area contributed by atoms with E-state index in [1.54, 1.807) is 6.92 Å². The third kappa shape index (κ3) is 6.01. The SMILES string of the molecule is Cc1c(C#C[Si](C)(C)C)cc(CS(=O)(=O)F)cc1B(O)O. The first-order valence-electron chi connectivity index (χ1n) is 6.34. The quantitative estimate of drug-likeness (QED) is 0.487. The molecule has 4 nitrogen and oxygen atoms in total. The summed E-state index contributed by atoms with van der Waals surface area (Å²) in [4.78, 5) is 0. The molecule has 2 N–H and O–H groups in total. The molecular formula is C13H18BFO4SSi. The molecule has 0 aliphatic heterocycles. The Kier molecular flexibility index (Phi) is 5.39. The number of rotatable bonds is 3. The molecule has 1 rings (SSSR count). The van der Waals surface area contributed by atoms with Gasteiger partial charge in [0.05, 0.1) is 0 Å². The Bertz CT molecular complexity index is 699. The Morgan fingerprint density at radius 3 is 2.29 bits per heavy atom. The highest BCUT2D eigenvalue weighted by atomic mass is 32.3. The van der Waals surface area contributed by atoms with E-state index >= 15 is 0 Å². The second kappa shape index (κ2) is 6.32. The van der Waals surface area contributed by atoms with Gasteiger partial charge < -0.3 is 10.0 Å². The maximum Gasteiger partial charge on any atom is 0.488 e. The van der Waals surface area contributed by atoms with E-state index in [1.165, 1.54) is 12.1 Å². The van der Waals surface area contributed by atoms with Gasteiger partial charge in [0.2, 0.25) is 0 Å². The smallest absolute Gasteiger partial charge is 0.423 e. The molecule has 0 saturated carbocycles. The van der Waals surface area contributed by atoms with Crippen molar-refractivity contribution in [3.05, 3.63) is 28.8 Å². The molecule has 21 heavy (non-hydrogen) atoms. The summed E-state index contributed by atoms with van der Waals surface area (Å²) in [5.41, 5.74) is 4.44. The Morgan fingerprint density at radius 1 is 1.29 bits per heavy atom. The lowest BCUT2D eigenvalue weighted by Crippen LogP contribution is -2.33. The molecule has 0 bridgehead atoms. The second-order valence-corrected chi connectivity index (χ2v) is 12.0. The predicted octanol–water partition coefficient (Wildman–Crippen LogP) is 0.703. The van der Waals surface area contributed by atoms with Crippen LogP contribution in [0.4, 0.5) is 3.89 Å². The van der Waals surface area contributed by atoms with Crippen molar-refractivity contribution in [2.45, 2.75) is 32.3 Å². The molecule has 0 spiro atoms. The van der Waals surface area contributed by atoms with Crippen molar-refractivity contribution in [3.8, 4) is 11.5 Å². The third-order valence-corrected chi connectivity index (χ3v) is 4.25. The maximum absolute atomic E-state index is 12.8. The molecule has 0 radical (unpaired) electrons. The van der Waals surface area contributed by atoms with Gasteiger partial charge >= 0.3 is 17.3 Å². The lowest BCUT2D eigenvalue weighted by molar-refractivity contribution is 0.425. The zero-order valence-corrected chi connectivity index (χ0v) is 14.3. The van der Waals surface area contributed by atoms with E-state index in [-0.39, 0.29) is 11.0 Å². The average Bonchev–Trinajstić information content (AvgIpc) is 2.25. The monoisotopic (exact) mass is 328 g/mol. The minimum atomic E-state index is -4.70. The van der Waals surface area contributed by atoms with Crippen molar-refractivity contribution >= 4 is 30.9 Å². The van der Waals surface area contributed by atoms with Gasteiger partial charge in [0.1, 0.15) is 13.8 Å². The minimum Gasteiger partial charge on any atom is -0.423 e. The molecule has 0 saturated heterocycles. The zero-order valence-electron chi connectivity index (χ0n) is 12.4. The van der Waals surface area contributed by atoms with Crippen molar-refractivity contribution in [2.75, 3.05) is 0 Å². The van der Waals surface area contributed by atoms with E-state index in [0.29, 0.717) is 11.1 Å². The second-order valence-electron chi connectivity index (χ2n) is 5.91. The van der Waals surface area contributed by atoms with E-state index in [4.69, 9.17) is 0 Å². The fourth-order valence-electron chi connectivity index (χ4n) is 1.73. The molecule has 8 heteroatoms. The first kappa shape index (κ1) is 17.9. The van der Waals surface area contributed by atoms with E-state index < -0.39 is 31.2 Å². The van der Waals surface area contributed by atoms with Gasteiger partial charge in [-0.15, -0.1) is 9.43 Å². The van der Waals surface area contributed by atoms with E-state index in [9.17, 15) is 22.4 Å². The van der Waals surface area contributed by atoms with Crippen LogP contribution in [-0.2, 0) is 16.0 Å². The largest absolute Gasteiger partial charge is 0.488 e. The fourth-order valence-corrected chi connectivity index (χ4v) is 2.81. The van der Waals surface area contributed by atoms with Gasteiger partial charge in [-0.1, -0.05) is 31.6 Å². The summed E-state index contributed by atoms with van der Waals surface area (Å²) in [6.07, 6.45) is 0. The molecule has 1 aromatic rings. The maximum atomic E-state index is 12.8. The summed E-state index contributed by atoms with van der Waals surface area (Å²) in [6, 6.07) is 2.75. The molecular weight excluding hydrogens is 310 g/mol. The summed E-state index contributed by atoms with van der Waals surface area (Å²) in [6.45, 7) is 7.81. The van der Waals surface area contributed by atoms with Crippen LogP contribution in [-0.4, -0.2) is 33.7 Å². The van der Waals surface area contributed by atoms with Gasteiger partial charge in [-0.25, -0.2) is 0 Å². The van der Waals surface area contributed by atoms with Gasteiger partial charge in [-0.2, -0.15) is 8.42 Å².